The quantitative estimate of drug-likeness (QED) is 0.495. The summed E-state index contributed by atoms with van der Waals surface area (Å²) in [4.78, 5) is 11.2. The zero-order chi connectivity index (χ0) is 9.61. The molecule has 0 aliphatic carbocycles. The number of hydrogen-bond donors (Lipinski definition) is 1. The normalized spacial score (nSPS) is 14.9. The monoisotopic (exact) mass is 173 g/mol. The molecule has 4 heteroatoms. The Bertz CT molecular complexity index is 170. The summed E-state index contributed by atoms with van der Waals surface area (Å²) in [6, 6.07) is 0. The zero-order valence-corrected chi connectivity index (χ0v) is 7.72. The van der Waals surface area contributed by atoms with Gasteiger partial charge in [-0.2, -0.15) is 0 Å². The summed E-state index contributed by atoms with van der Waals surface area (Å²) in [6.45, 7) is 1.99. The molecule has 0 bridgehead atoms. The first-order valence-electron chi connectivity index (χ1n) is 3.67. The summed E-state index contributed by atoms with van der Waals surface area (Å²) in [7, 11) is 2.85. The van der Waals surface area contributed by atoms with Crippen LogP contribution in [0.2, 0.25) is 0 Å². The van der Waals surface area contributed by atoms with Gasteiger partial charge < -0.3 is 14.9 Å². The summed E-state index contributed by atoms with van der Waals surface area (Å²) < 4.78 is 9.48. The third-order valence-electron chi connectivity index (χ3n) is 1.69. The minimum Gasteiger partial charge on any atom is -0.469 e. The second kappa shape index (κ2) is 4.87. The van der Waals surface area contributed by atoms with Crippen molar-refractivity contribution in [2.24, 2.45) is 5.41 Å². The molecule has 0 saturated heterocycles. The highest BCUT2D eigenvalue weighted by Crippen LogP contribution is 2.21. The van der Waals surface area contributed by atoms with Crippen LogP contribution in [-0.2, 0) is 14.3 Å². The Kier molecular flexibility index (Phi) is 4.51. The van der Waals surface area contributed by atoms with Crippen LogP contribution in [0.25, 0.3) is 0 Å². The van der Waals surface area contributed by atoms with Gasteiger partial charge in [0.05, 0.1) is 19.1 Å². The maximum absolute atomic E-state index is 11.2. The van der Waals surface area contributed by atoms with Crippen LogP contribution in [0, 0.1) is 10.8 Å². The van der Waals surface area contributed by atoms with Crippen LogP contribution in [-0.4, -0.2) is 33.0 Å². The van der Waals surface area contributed by atoms with Crippen molar-refractivity contribution >= 4 is 12.2 Å². The van der Waals surface area contributed by atoms with Crippen LogP contribution in [0.3, 0.4) is 0 Å². The number of nitrogens with one attached hydrogen (secondary N) is 1. The summed E-state index contributed by atoms with van der Waals surface area (Å²) in [5.41, 5.74) is -0.717. The molecule has 0 aromatic heterocycles. The fourth-order valence-corrected chi connectivity index (χ4v) is 0.991. The van der Waals surface area contributed by atoms with Crippen LogP contribution >= 0.6 is 0 Å². The van der Waals surface area contributed by atoms with Gasteiger partial charge in [0.2, 0.25) is 0 Å². The van der Waals surface area contributed by atoms with E-state index in [1.165, 1.54) is 20.4 Å². The lowest BCUT2D eigenvalue weighted by atomic mass is 9.88. The van der Waals surface area contributed by atoms with Gasteiger partial charge in [-0.1, -0.05) is 0 Å². The number of rotatable bonds is 5. The number of hydrogen-bond acceptors (Lipinski definition) is 4. The van der Waals surface area contributed by atoms with Gasteiger partial charge in [-0.25, -0.2) is 0 Å². The molecule has 12 heavy (non-hydrogen) atoms. The summed E-state index contributed by atoms with van der Waals surface area (Å²) in [6.07, 6.45) is 1.53. The van der Waals surface area contributed by atoms with Gasteiger partial charge in [0.1, 0.15) is 0 Å². The van der Waals surface area contributed by atoms with E-state index in [0.717, 1.165) is 0 Å². The van der Waals surface area contributed by atoms with Crippen LogP contribution in [0.4, 0.5) is 0 Å². The maximum atomic E-state index is 11.2. The number of esters is 1. The fraction of sp³-hybridized carbons (Fsp3) is 0.750. The van der Waals surface area contributed by atoms with Gasteiger partial charge in [0.25, 0.3) is 0 Å². The van der Waals surface area contributed by atoms with Gasteiger partial charge in [-0.05, 0) is 13.1 Å². The Morgan fingerprint density at radius 3 is 2.50 bits per heavy atom. The fourth-order valence-electron chi connectivity index (χ4n) is 0.991. The van der Waals surface area contributed by atoms with E-state index in [1.54, 1.807) is 6.92 Å². The standard InChI is InChI=1S/C8H15NO3/c1-8(4-5-9,6-11-2)7(10)12-3/h5,9H,4,6H2,1-3H3. The van der Waals surface area contributed by atoms with Crippen molar-refractivity contribution in [1.29, 1.82) is 5.41 Å². The molecule has 0 aromatic carbocycles. The first-order chi connectivity index (χ1) is 5.60. The molecule has 0 heterocycles. The lowest BCUT2D eigenvalue weighted by Crippen LogP contribution is -2.34. The van der Waals surface area contributed by atoms with E-state index in [1.807, 2.05) is 0 Å². The molecule has 0 aromatic rings. The van der Waals surface area contributed by atoms with Crippen molar-refractivity contribution in [2.75, 3.05) is 20.8 Å². The smallest absolute Gasteiger partial charge is 0.314 e. The predicted molar refractivity (Wildman–Crippen MR) is 45.4 cm³/mol. The van der Waals surface area contributed by atoms with Crippen molar-refractivity contribution in [1.82, 2.24) is 0 Å². The predicted octanol–water partition coefficient (Wildman–Crippen LogP) is 0.852. The highest BCUT2D eigenvalue weighted by atomic mass is 16.5. The Labute approximate surface area is 72.4 Å². The Morgan fingerprint density at radius 2 is 2.17 bits per heavy atom. The molecule has 0 rings (SSSR count). The molecule has 70 valence electrons. The van der Waals surface area contributed by atoms with Crippen molar-refractivity contribution in [3.63, 3.8) is 0 Å². The molecule has 0 aliphatic heterocycles. The van der Waals surface area contributed by atoms with Crippen LogP contribution in [0.1, 0.15) is 13.3 Å². The Hall–Kier alpha value is -0.900. The van der Waals surface area contributed by atoms with Crippen LogP contribution in [0.5, 0.6) is 0 Å². The summed E-state index contributed by atoms with van der Waals surface area (Å²) >= 11 is 0. The van der Waals surface area contributed by atoms with Gasteiger partial charge in [-0.15, -0.1) is 0 Å². The molecule has 1 unspecified atom stereocenters. The van der Waals surface area contributed by atoms with E-state index >= 15 is 0 Å². The summed E-state index contributed by atoms with van der Waals surface area (Å²) in [5.74, 6) is -0.340. The van der Waals surface area contributed by atoms with E-state index in [0.29, 0.717) is 6.42 Å². The van der Waals surface area contributed by atoms with E-state index < -0.39 is 5.41 Å². The van der Waals surface area contributed by atoms with Gasteiger partial charge in [0.15, 0.2) is 0 Å². The summed E-state index contributed by atoms with van der Waals surface area (Å²) in [5, 5.41) is 6.92. The van der Waals surface area contributed by atoms with Crippen molar-refractivity contribution in [2.45, 2.75) is 13.3 Å². The molecule has 0 fully saturated rings. The number of carbonyl (C=O) groups excluding carboxylic acids is 1. The molecule has 0 aliphatic rings. The largest absolute Gasteiger partial charge is 0.469 e. The molecule has 0 spiro atoms. The third kappa shape index (κ3) is 2.62. The van der Waals surface area contributed by atoms with Crippen molar-refractivity contribution in [3.05, 3.63) is 0 Å². The SMILES string of the molecule is COCC(C)(CC=N)C(=O)OC. The number of carbonyl (C=O) groups is 1. The highest BCUT2D eigenvalue weighted by Gasteiger charge is 2.33. The van der Waals surface area contributed by atoms with Crippen molar-refractivity contribution in [3.8, 4) is 0 Å². The third-order valence-corrected chi connectivity index (χ3v) is 1.69. The van der Waals surface area contributed by atoms with E-state index in [2.05, 4.69) is 4.74 Å². The minimum atomic E-state index is -0.717. The van der Waals surface area contributed by atoms with Gasteiger partial charge >= 0.3 is 5.97 Å². The van der Waals surface area contributed by atoms with Crippen molar-refractivity contribution < 1.29 is 14.3 Å². The van der Waals surface area contributed by atoms with Gasteiger partial charge in [-0.3, -0.25) is 4.79 Å². The first-order valence-corrected chi connectivity index (χ1v) is 3.67. The van der Waals surface area contributed by atoms with E-state index in [9.17, 15) is 4.79 Å². The van der Waals surface area contributed by atoms with Crippen LogP contribution in [0.15, 0.2) is 0 Å². The second-order valence-corrected chi connectivity index (χ2v) is 2.89. The molecular weight excluding hydrogens is 158 g/mol. The molecule has 0 radical (unpaired) electrons. The highest BCUT2D eigenvalue weighted by molar-refractivity contribution is 5.79. The zero-order valence-electron chi connectivity index (χ0n) is 7.72. The minimum absolute atomic E-state index is 0.273. The Morgan fingerprint density at radius 1 is 1.58 bits per heavy atom. The lowest BCUT2D eigenvalue weighted by molar-refractivity contribution is -0.154. The lowest BCUT2D eigenvalue weighted by Gasteiger charge is -2.23. The molecular formula is C8H15NO3. The van der Waals surface area contributed by atoms with Crippen LogP contribution < -0.4 is 0 Å². The second-order valence-electron chi connectivity index (χ2n) is 2.89. The van der Waals surface area contributed by atoms with Gasteiger partial charge in [0, 0.05) is 13.5 Å². The number of ether oxygens (including phenoxy) is 2. The maximum Gasteiger partial charge on any atom is 0.314 e. The molecule has 0 amide bonds. The Balaban J connectivity index is 4.36. The molecule has 1 atom stereocenters. The topological polar surface area (TPSA) is 59.4 Å². The average Bonchev–Trinajstić information content (AvgIpc) is 2.04. The first kappa shape index (κ1) is 11.1. The average molecular weight is 173 g/mol. The van der Waals surface area contributed by atoms with E-state index in [4.69, 9.17) is 10.1 Å². The molecule has 4 nitrogen and oxygen atoms in total. The molecule has 0 saturated carbocycles. The molecule has 1 N–H and O–H groups in total. The van der Waals surface area contributed by atoms with E-state index in [-0.39, 0.29) is 12.6 Å². The number of methoxy groups -OCH3 is 2.